The van der Waals surface area contributed by atoms with E-state index in [1.165, 1.54) is 9.79 Å². The molecule has 0 saturated heterocycles. The molecular formula is C16H16Br2O2S2. The molecule has 0 aliphatic heterocycles. The number of ether oxygens (including phenoxy) is 2. The highest BCUT2D eigenvalue weighted by Crippen LogP contribution is 2.40. The summed E-state index contributed by atoms with van der Waals surface area (Å²) < 4.78 is 12.5. The Kier molecular flexibility index (Phi) is 7.80. The second-order valence-corrected chi connectivity index (χ2v) is 8.52. The lowest BCUT2D eigenvalue weighted by Crippen LogP contribution is -1.89. The number of methoxy groups -OCH3 is 2. The number of hydrogen-bond acceptors (Lipinski definition) is 4. The second kappa shape index (κ2) is 9.35. The molecule has 0 heterocycles. The fraction of sp³-hybridized carbons (Fsp3) is 0.250. The Morgan fingerprint density at radius 1 is 0.773 bits per heavy atom. The number of benzene rings is 2. The third-order valence-electron chi connectivity index (χ3n) is 2.88. The summed E-state index contributed by atoms with van der Waals surface area (Å²) in [6.07, 6.45) is 0. The monoisotopic (exact) mass is 462 g/mol. The Morgan fingerprint density at radius 3 is 1.50 bits per heavy atom. The van der Waals surface area contributed by atoms with Crippen molar-refractivity contribution in [3.8, 4) is 0 Å². The van der Waals surface area contributed by atoms with E-state index in [1.54, 1.807) is 35.8 Å². The van der Waals surface area contributed by atoms with E-state index < -0.39 is 0 Å². The van der Waals surface area contributed by atoms with Gasteiger partial charge < -0.3 is 9.47 Å². The molecule has 0 bridgehead atoms. The normalized spacial score (nSPS) is 10.9. The molecule has 2 nitrogen and oxygen atoms in total. The van der Waals surface area contributed by atoms with Gasteiger partial charge in [0.25, 0.3) is 0 Å². The van der Waals surface area contributed by atoms with E-state index in [2.05, 4.69) is 68.3 Å². The van der Waals surface area contributed by atoms with Gasteiger partial charge in [0, 0.05) is 33.0 Å². The lowest BCUT2D eigenvalue weighted by Gasteiger charge is -2.08. The summed E-state index contributed by atoms with van der Waals surface area (Å²) in [6.45, 7) is 1.24. The van der Waals surface area contributed by atoms with Crippen LogP contribution >= 0.6 is 53.4 Å². The Bertz CT molecular complexity index is 580. The molecule has 0 atom stereocenters. The Labute approximate surface area is 156 Å². The Hall–Kier alpha value is 0.0200. The predicted octanol–water partition coefficient (Wildman–Crippen LogP) is 6.30. The lowest BCUT2D eigenvalue weighted by atomic mass is 10.2. The van der Waals surface area contributed by atoms with Gasteiger partial charge in [-0.3, -0.25) is 0 Å². The highest BCUT2D eigenvalue weighted by atomic mass is 79.9. The standard InChI is InChI=1S/C16H16Br2O2S2/c1-19-9-11-3-5-13(7-15(11)17)21-22-14-6-4-12(10-20-2)16(18)8-14/h3-8H,9-10H2,1-2H3. The zero-order valence-electron chi connectivity index (χ0n) is 12.3. The molecule has 0 radical (unpaired) electrons. The van der Waals surface area contributed by atoms with Crippen LogP contribution in [-0.2, 0) is 22.7 Å². The van der Waals surface area contributed by atoms with Gasteiger partial charge in [0.05, 0.1) is 13.2 Å². The first-order chi connectivity index (χ1) is 10.6. The Balaban J connectivity index is 2.01. The molecular weight excluding hydrogens is 448 g/mol. The van der Waals surface area contributed by atoms with Crippen LogP contribution in [0.1, 0.15) is 11.1 Å². The predicted molar refractivity (Wildman–Crippen MR) is 101 cm³/mol. The molecule has 2 aromatic rings. The molecule has 0 aromatic heterocycles. The molecule has 0 aliphatic carbocycles. The van der Waals surface area contributed by atoms with Crippen molar-refractivity contribution in [3.05, 3.63) is 56.5 Å². The molecule has 6 heteroatoms. The van der Waals surface area contributed by atoms with Gasteiger partial charge in [-0.2, -0.15) is 0 Å². The quantitative estimate of drug-likeness (QED) is 0.448. The van der Waals surface area contributed by atoms with E-state index in [0.29, 0.717) is 13.2 Å². The maximum absolute atomic E-state index is 5.16. The third kappa shape index (κ3) is 5.28. The van der Waals surface area contributed by atoms with Crippen LogP contribution < -0.4 is 0 Å². The summed E-state index contributed by atoms with van der Waals surface area (Å²) in [6, 6.07) is 12.7. The van der Waals surface area contributed by atoms with Gasteiger partial charge in [-0.05, 0) is 35.4 Å². The average molecular weight is 464 g/mol. The van der Waals surface area contributed by atoms with Crippen LogP contribution in [0.2, 0.25) is 0 Å². The van der Waals surface area contributed by atoms with Crippen molar-refractivity contribution >= 4 is 53.4 Å². The Morgan fingerprint density at radius 2 is 1.18 bits per heavy atom. The molecule has 0 N–H and O–H groups in total. The van der Waals surface area contributed by atoms with Gasteiger partial charge >= 0.3 is 0 Å². The first-order valence-electron chi connectivity index (χ1n) is 6.53. The smallest absolute Gasteiger partial charge is 0.0724 e. The zero-order chi connectivity index (χ0) is 15.9. The van der Waals surface area contributed by atoms with Gasteiger partial charge in [-0.15, -0.1) is 0 Å². The van der Waals surface area contributed by atoms with Crippen LogP contribution in [0.15, 0.2) is 55.1 Å². The summed E-state index contributed by atoms with van der Waals surface area (Å²) in [4.78, 5) is 2.41. The fourth-order valence-corrected chi connectivity index (χ4v) is 5.06. The van der Waals surface area contributed by atoms with E-state index in [9.17, 15) is 0 Å². The lowest BCUT2D eigenvalue weighted by molar-refractivity contribution is 0.184. The minimum absolute atomic E-state index is 0.618. The van der Waals surface area contributed by atoms with Gasteiger partial charge in [-0.1, -0.05) is 65.6 Å². The largest absolute Gasteiger partial charge is 0.380 e. The maximum atomic E-state index is 5.16. The van der Waals surface area contributed by atoms with Gasteiger partial charge in [-0.25, -0.2) is 0 Å². The van der Waals surface area contributed by atoms with Crippen molar-refractivity contribution in [2.45, 2.75) is 23.0 Å². The molecule has 2 rings (SSSR count). The molecule has 0 amide bonds. The zero-order valence-corrected chi connectivity index (χ0v) is 17.1. The summed E-state index contributed by atoms with van der Waals surface area (Å²) in [5.41, 5.74) is 2.31. The molecule has 118 valence electrons. The molecule has 0 unspecified atom stereocenters. The van der Waals surface area contributed by atoms with E-state index in [-0.39, 0.29) is 0 Å². The van der Waals surface area contributed by atoms with Crippen LogP contribution in [0.3, 0.4) is 0 Å². The number of hydrogen-bond donors (Lipinski definition) is 0. The van der Waals surface area contributed by atoms with Crippen molar-refractivity contribution in [3.63, 3.8) is 0 Å². The topological polar surface area (TPSA) is 18.5 Å². The van der Waals surface area contributed by atoms with Crippen LogP contribution in [-0.4, -0.2) is 14.2 Å². The van der Waals surface area contributed by atoms with Gasteiger partial charge in [0.15, 0.2) is 0 Å². The van der Waals surface area contributed by atoms with Crippen molar-refractivity contribution < 1.29 is 9.47 Å². The maximum Gasteiger partial charge on any atom is 0.0724 e. The number of rotatable bonds is 7. The highest BCUT2D eigenvalue weighted by molar-refractivity contribution is 9.10. The van der Waals surface area contributed by atoms with Gasteiger partial charge in [0.1, 0.15) is 0 Å². The SMILES string of the molecule is COCc1ccc(SSc2ccc(COC)c(Br)c2)cc1Br. The highest BCUT2D eigenvalue weighted by Gasteiger charge is 2.05. The van der Waals surface area contributed by atoms with Crippen LogP contribution in [0, 0.1) is 0 Å². The molecule has 22 heavy (non-hydrogen) atoms. The summed E-state index contributed by atoms with van der Waals surface area (Å²) in [5.74, 6) is 0. The van der Waals surface area contributed by atoms with Gasteiger partial charge in [0.2, 0.25) is 0 Å². The molecule has 0 fully saturated rings. The summed E-state index contributed by atoms with van der Waals surface area (Å²) in [7, 11) is 6.88. The van der Waals surface area contributed by atoms with Crippen LogP contribution in [0.4, 0.5) is 0 Å². The molecule has 0 spiro atoms. The molecule has 0 aliphatic rings. The third-order valence-corrected chi connectivity index (χ3v) is 6.74. The fourth-order valence-electron chi connectivity index (χ4n) is 1.80. The van der Waals surface area contributed by atoms with E-state index in [4.69, 9.17) is 9.47 Å². The minimum atomic E-state index is 0.618. The van der Waals surface area contributed by atoms with Crippen molar-refractivity contribution in [2.24, 2.45) is 0 Å². The van der Waals surface area contributed by atoms with Crippen molar-refractivity contribution in [1.82, 2.24) is 0 Å². The van der Waals surface area contributed by atoms with Crippen LogP contribution in [0.5, 0.6) is 0 Å². The van der Waals surface area contributed by atoms with Crippen molar-refractivity contribution in [1.29, 1.82) is 0 Å². The van der Waals surface area contributed by atoms with E-state index >= 15 is 0 Å². The second-order valence-electron chi connectivity index (χ2n) is 4.54. The average Bonchev–Trinajstić information content (AvgIpc) is 2.50. The van der Waals surface area contributed by atoms with E-state index in [0.717, 1.165) is 20.1 Å². The minimum Gasteiger partial charge on any atom is -0.380 e. The first-order valence-corrected chi connectivity index (χ1v) is 10.3. The summed E-state index contributed by atoms with van der Waals surface area (Å²) >= 11 is 7.18. The summed E-state index contributed by atoms with van der Waals surface area (Å²) in [5, 5.41) is 0. The molecule has 0 saturated carbocycles. The first kappa shape index (κ1) is 18.4. The van der Waals surface area contributed by atoms with Crippen molar-refractivity contribution in [2.75, 3.05) is 14.2 Å². The van der Waals surface area contributed by atoms with Crippen LogP contribution in [0.25, 0.3) is 0 Å². The van der Waals surface area contributed by atoms with E-state index in [1.807, 2.05) is 0 Å². The molecule has 2 aromatic carbocycles. The number of halogens is 2.